The van der Waals surface area contributed by atoms with Gasteiger partial charge in [0.05, 0.1) is 6.61 Å². The lowest BCUT2D eigenvalue weighted by molar-refractivity contribution is 0.219. The number of aliphatic hydroxyl groups excluding tert-OH is 1. The molecule has 5 heteroatoms. The molecule has 1 aromatic heterocycles. The number of hydrogen-bond acceptors (Lipinski definition) is 5. The molecule has 0 bridgehead atoms. The van der Waals surface area contributed by atoms with Crippen LogP contribution >= 0.6 is 0 Å². The summed E-state index contributed by atoms with van der Waals surface area (Å²) in [6.07, 6.45) is 4.86. The van der Waals surface area contributed by atoms with E-state index in [1.165, 1.54) is 0 Å². The molecule has 5 nitrogen and oxygen atoms in total. The summed E-state index contributed by atoms with van der Waals surface area (Å²) >= 11 is 0. The van der Waals surface area contributed by atoms with Gasteiger partial charge in [0, 0.05) is 24.1 Å². The second-order valence-corrected chi connectivity index (χ2v) is 6.08. The maximum absolute atomic E-state index is 9.40. The van der Waals surface area contributed by atoms with E-state index in [0.717, 1.165) is 49.6 Å². The number of anilines is 2. The second-order valence-electron chi connectivity index (χ2n) is 6.08. The Bertz CT molecular complexity index is 443. The van der Waals surface area contributed by atoms with Crippen LogP contribution in [0.4, 0.5) is 11.6 Å². The van der Waals surface area contributed by atoms with Crippen molar-refractivity contribution in [2.75, 3.05) is 30.3 Å². The van der Waals surface area contributed by atoms with Gasteiger partial charge in [-0.3, -0.25) is 0 Å². The van der Waals surface area contributed by atoms with E-state index in [1.807, 2.05) is 0 Å². The standard InChI is InChI=1S/C15H26N4O/c1-4-7-16-13-12(11(2)3)14(19-10-18-13)17-8-15(9-20)5-6-15/h10-11,20H,4-9H2,1-3H3,(H2,16,17,18,19). The first-order chi connectivity index (χ1) is 9.62. The van der Waals surface area contributed by atoms with Crippen LogP contribution in [0.3, 0.4) is 0 Å². The average Bonchev–Trinajstić information content (AvgIpc) is 3.23. The lowest BCUT2D eigenvalue weighted by atomic mass is 10.0. The molecule has 0 aliphatic heterocycles. The van der Waals surface area contributed by atoms with E-state index in [1.54, 1.807) is 6.33 Å². The van der Waals surface area contributed by atoms with Crippen LogP contribution in [0, 0.1) is 5.41 Å². The molecule has 20 heavy (non-hydrogen) atoms. The van der Waals surface area contributed by atoms with Gasteiger partial charge in [-0.15, -0.1) is 0 Å². The summed E-state index contributed by atoms with van der Waals surface area (Å²) < 4.78 is 0. The quantitative estimate of drug-likeness (QED) is 0.682. The number of nitrogens with one attached hydrogen (secondary N) is 2. The molecule has 1 saturated carbocycles. The number of nitrogens with zero attached hydrogens (tertiary/aromatic N) is 2. The molecule has 0 saturated heterocycles. The van der Waals surface area contributed by atoms with Gasteiger partial charge in [0.2, 0.25) is 0 Å². The molecule has 1 fully saturated rings. The van der Waals surface area contributed by atoms with E-state index < -0.39 is 0 Å². The smallest absolute Gasteiger partial charge is 0.135 e. The minimum atomic E-state index is 0.0796. The largest absolute Gasteiger partial charge is 0.396 e. The molecule has 0 spiro atoms. The van der Waals surface area contributed by atoms with E-state index in [0.29, 0.717) is 5.92 Å². The van der Waals surface area contributed by atoms with Crippen molar-refractivity contribution < 1.29 is 5.11 Å². The van der Waals surface area contributed by atoms with Crippen molar-refractivity contribution in [3.63, 3.8) is 0 Å². The molecule has 0 aromatic carbocycles. The summed E-state index contributed by atoms with van der Waals surface area (Å²) in [6.45, 7) is 8.40. The highest BCUT2D eigenvalue weighted by Crippen LogP contribution is 2.45. The predicted molar refractivity (Wildman–Crippen MR) is 82.1 cm³/mol. The minimum Gasteiger partial charge on any atom is -0.396 e. The Kier molecular flexibility index (Phi) is 4.81. The zero-order valence-electron chi connectivity index (χ0n) is 12.7. The molecular formula is C15H26N4O. The molecular weight excluding hydrogens is 252 g/mol. The van der Waals surface area contributed by atoms with Crippen LogP contribution in [0.1, 0.15) is 51.5 Å². The highest BCUT2D eigenvalue weighted by molar-refractivity contribution is 5.59. The van der Waals surface area contributed by atoms with Crippen molar-refractivity contribution in [2.45, 2.75) is 46.0 Å². The second kappa shape index (κ2) is 6.39. The topological polar surface area (TPSA) is 70.1 Å². The molecule has 1 aliphatic rings. The molecule has 112 valence electrons. The van der Waals surface area contributed by atoms with Gasteiger partial charge < -0.3 is 15.7 Å². The zero-order chi connectivity index (χ0) is 14.6. The molecule has 0 unspecified atom stereocenters. The summed E-state index contributed by atoms with van der Waals surface area (Å²) in [5, 5.41) is 16.2. The molecule has 1 aliphatic carbocycles. The third kappa shape index (κ3) is 3.39. The maximum Gasteiger partial charge on any atom is 0.135 e. The maximum atomic E-state index is 9.40. The van der Waals surface area contributed by atoms with Crippen LogP contribution in [0.5, 0.6) is 0 Å². The summed E-state index contributed by atoms with van der Waals surface area (Å²) in [6, 6.07) is 0. The third-order valence-electron chi connectivity index (χ3n) is 3.93. The Morgan fingerprint density at radius 1 is 1.25 bits per heavy atom. The van der Waals surface area contributed by atoms with Crippen LogP contribution < -0.4 is 10.6 Å². The van der Waals surface area contributed by atoms with Gasteiger partial charge in [-0.25, -0.2) is 9.97 Å². The van der Waals surface area contributed by atoms with Crippen molar-refractivity contribution in [1.29, 1.82) is 0 Å². The predicted octanol–water partition coefficient (Wildman–Crippen LogP) is 2.61. The van der Waals surface area contributed by atoms with Crippen LogP contribution in [0.25, 0.3) is 0 Å². The molecule has 3 N–H and O–H groups in total. The highest BCUT2D eigenvalue weighted by atomic mass is 16.3. The van der Waals surface area contributed by atoms with Gasteiger partial charge in [0.25, 0.3) is 0 Å². The van der Waals surface area contributed by atoms with Gasteiger partial charge in [0.15, 0.2) is 0 Å². The number of aromatic nitrogens is 2. The fourth-order valence-corrected chi connectivity index (χ4v) is 2.31. The van der Waals surface area contributed by atoms with E-state index in [-0.39, 0.29) is 12.0 Å². The summed E-state index contributed by atoms with van der Waals surface area (Å²) in [7, 11) is 0. The first kappa shape index (κ1) is 15.0. The van der Waals surface area contributed by atoms with Gasteiger partial charge in [-0.2, -0.15) is 0 Å². The molecule has 0 radical (unpaired) electrons. The molecule has 0 amide bonds. The van der Waals surface area contributed by atoms with Crippen LogP contribution in [-0.2, 0) is 0 Å². The summed E-state index contributed by atoms with van der Waals surface area (Å²) in [5.74, 6) is 2.17. The Labute approximate surface area is 121 Å². The SMILES string of the molecule is CCCNc1ncnc(NCC2(CO)CC2)c1C(C)C. The van der Waals surface area contributed by atoms with Gasteiger partial charge >= 0.3 is 0 Å². The van der Waals surface area contributed by atoms with Gasteiger partial charge in [-0.1, -0.05) is 20.8 Å². The van der Waals surface area contributed by atoms with Crippen LogP contribution in [-0.4, -0.2) is 34.8 Å². The fourth-order valence-electron chi connectivity index (χ4n) is 2.31. The summed E-state index contributed by atoms with van der Waals surface area (Å²) in [5.41, 5.74) is 1.21. The monoisotopic (exact) mass is 278 g/mol. The Balaban J connectivity index is 2.14. The summed E-state index contributed by atoms with van der Waals surface area (Å²) in [4.78, 5) is 8.76. The van der Waals surface area contributed by atoms with Crippen molar-refractivity contribution in [3.8, 4) is 0 Å². The van der Waals surface area contributed by atoms with Crippen molar-refractivity contribution >= 4 is 11.6 Å². The molecule has 0 atom stereocenters. The number of aliphatic hydroxyl groups is 1. The number of rotatable bonds is 8. The fraction of sp³-hybridized carbons (Fsp3) is 0.733. The van der Waals surface area contributed by atoms with E-state index in [4.69, 9.17) is 0 Å². The van der Waals surface area contributed by atoms with Crippen molar-refractivity contribution in [2.24, 2.45) is 5.41 Å². The first-order valence-corrected chi connectivity index (χ1v) is 7.55. The van der Waals surface area contributed by atoms with E-state index >= 15 is 0 Å². The highest BCUT2D eigenvalue weighted by Gasteiger charge is 2.41. The third-order valence-corrected chi connectivity index (χ3v) is 3.93. The Morgan fingerprint density at radius 3 is 2.40 bits per heavy atom. The van der Waals surface area contributed by atoms with E-state index in [9.17, 15) is 5.11 Å². The van der Waals surface area contributed by atoms with Crippen molar-refractivity contribution in [3.05, 3.63) is 11.9 Å². The number of hydrogen-bond donors (Lipinski definition) is 3. The Hall–Kier alpha value is -1.36. The normalized spacial score (nSPS) is 16.2. The van der Waals surface area contributed by atoms with Gasteiger partial charge in [-0.05, 0) is 25.2 Å². The molecule has 1 aromatic rings. The lowest BCUT2D eigenvalue weighted by Crippen LogP contribution is -2.21. The van der Waals surface area contributed by atoms with Crippen molar-refractivity contribution in [1.82, 2.24) is 9.97 Å². The molecule has 2 rings (SSSR count). The Morgan fingerprint density at radius 2 is 1.90 bits per heavy atom. The van der Waals surface area contributed by atoms with E-state index in [2.05, 4.69) is 41.4 Å². The first-order valence-electron chi connectivity index (χ1n) is 7.55. The zero-order valence-corrected chi connectivity index (χ0v) is 12.7. The lowest BCUT2D eigenvalue weighted by Gasteiger charge is -2.19. The van der Waals surface area contributed by atoms with Crippen LogP contribution in [0.2, 0.25) is 0 Å². The van der Waals surface area contributed by atoms with Crippen LogP contribution in [0.15, 0.2) is 6.33 Å². The van der Waals surface area contributed by atoms with Gasteiger partial charge in [0.1, 0.15) is 18.0 Å². The molecule has 1 heterocycles. The average molecular weight is 278 g/mol. The minimum absolute atomic E-state index is 0.0796.